The largest absolute Gasteiger partial charge is 0.465 e. The van der Waals surface area contributed by atoms with Crippen LogP contribution >= 0.6 is 11.3 Å². The van der Waals surface area contributed by atoms with E-state index >= 15 is 0 Å². The number of aromatic nitrogens is 1. The van der Waals surface area contributed by atoms with Gasteiger partial charge in [0, 0.05) is 11.3 Å². The minimum Gasteiger partial charge on any atom is -0.465 e. The number of nitrogens with two attached hydrogens (primary N) is 1. The van der Waals surface area contributed by atoms with Gasteiger partial charge in [-0.15, -0.1) is 11.3 Å². The van der Waals surface area contributed by atoms with Crippen LogP contribution in [0.25, 0.3) is 0 Å². The molecule has 0 bridgehead atoms. The number of hydrogen-bond donors (Lipinski definition) is 3. The number of hydrogen-bond acceptors (Lipinski definition) is 6. The summed E-state index contributed by atoms with van der Waals surface area (Å²) in [4.78, 5) is 15.1. The number of anilines is 1. The van der Waals surface area contributed by atoms with Gasteiger partial charge in [0.05, 0.1) is 30.5 Å². The zero-order chi connectivity index (χ0) is 17.3. The molecule has 1 saturated heterocycles. The van der Waals surface area contributed by atoms with Crippen molar-refractivity contribution in [2.75, 3.05) is 18.5 Å². The molecule has 130 valence electrons. The first kappa shape index (κ1) is 18.1. The van der Waals surface area contributed by atoms with E-state index in [2.05, 4.69) is 10.3 Å². The van der Waals surface area contributed by atoms with Crippen molar-refractivity contribution in [3.8, 4) is 0 Å². The standard InChI is InChI=1S/C15H25N3O4S/c1-9-5-10(6-22-14(2,3)4)15(16,8-21-9)12-17-11(7-23-12)18-13(19)20/h7,9-10,18H,5-6,8,16H2,1-4H3,(H,19,20)/t9-,10-,15-/m0/s1. The van der Waals surface area contributed by atoms with Gasteiger partial charge in [-0.2, -0.15) is 0 Å². The molecule has 0 spiro atoms. The van der Waals surface area contributed by atoms with E-state index in [-0.39, 0.29) is 23.4 Å². The van der Waals surface area contributed by atoms with Gasteiger partial charge in [-0.1, -0.05) is 0 Å². The molecule has 0 aromatic carbocycles. The van der Waals surface area contributed by atoms with Gasteiger partial charge in [-0.25, -0.2) is 9.78 Å². The van der Waals surface area contributed by atoms with Gasteiger partial charge in [0.15, 0.2) is 0 Å². The maximum Gasteiger partial charge on any atom is 0.410 e. The van der Waals surface area contributed by atoms with E-state index in [4.69, 9.17) is 20.3 Å². The Labute approximate surface area is 140 Å². The predicted octanol–water partition coefficient (Wildman–Crippen LogP) is 2.63. The first-order valence-electron chi connectivity index (χ1n) is 7.60. The number of rotatable bonds is 4. The summed E-state index contributed by atoms with van der Waals surface area (Å²) in [5.41, 5.74) is 5.60. The highest BCUT2D eigenvalue weighted by Crippen LogP contribution is 2.38. The molecule has 1 fully saturated rings. The fraction of sp³-hybridized carbons (Fsp3) is 0.733. The van der Waals surface area contributed by atoms with E-state index in [0.717, 1.165) is 6.42 Å². The third-order valence-electron chi connectivity index (χ3n) is 3.81. The van der Waals surface area contributed by atoms with Gasteiger partial charge < -0.3 is 20.3 Å². The lowest BCUT2D eigenvalue weighted by Crippen LogP contribution is -2.55. The van der Waals surface area contributed by atoms with E-state index in [9.17, 15) is 4.79 Å². The Balaban J connectivity index is 2.20. The highest BCUT2D eigenvalue weighted by atomic mass is 32.1. The van der Waals surface area contributed by atoms with Crippen molar-refractivity contribution in [1.29, 1.82) is 0 Å². The monoisotopic (exact) mass is 343 g/mol. The quantitative estimate of drug-likeness (QED) is 0.776. The molecule has 23 heavy (non-hydrogen) atoms. The molecule has 0 saturated carbocycles. The van der Waals surface area contributed by atoms with Crippen molar-refractivity contribution in [1.82, 2.24) is 4.98 Å². The van der Waals surface area contributed by atoms with Crippen LogP contribution in [0.15, 0.2) is 5.38 Å². The second kappa shape index (κ2) is 6.72. The van der Waals surface area contributed by atoms with Gasteiger partial charge in [-0.3, -0.25) is 5.32 Å². The lowest BCUT2D eigenvalue weighted by atomic mass is 9.80. The number of nitrogens with zero attached hydrogens (tertiary/aromatic N) is 1. The van der Waals surface area contributed by atoms with Gasteiger partial charge in [0.2, 0.25) is 0 Å². The minimum atomic E-state index is -1.14. The normalized spacial score (nSPS) is 28.6. The predicted molar refractivity (Wildman–Crippen MR) is 88.9 cm³/mol. The number of amides is 1. The number of ether oxygens (including phenoxy) is 2. The van der Waals surface area contributed by atoms with Gasteiger partial charge >= 0.3 is 6.09 Å². The fourth-order valence-corrected chi connectivity index (χ4v) is 3.47. The number of carbonyl (C=O) groups is 1. The second-order valence-electron chi connectivity index (χ2n) is 6.99. The summed E-state index contributed by atoms with van der Waals surface area (Å²) in [6.07, 6.45) is -0.265. The van der Waals surface area contributed by atoms with E-state index in [0.29, 0.717) is 18.2 Å². The summed E-state index contributed by atoms with van der Waals surface area (Å²) in [5.74, 6) is 0.339. The maximum absolute atomic E-state index is 10.7. The molecule has 8 heteroatoms. The molecular formula is C15H25N3O4S. The Morgan fingerprint density at radius 2 is 2.35 bits per heavy atom. The third kappa shape index (κ3) is 4.63. The molecule has 4 N–H and O–H groups in total. The van der Waals surface area contributed by atoms with Crippen molar-refractivity contribution < 1.29 is 19.4 Å². The Morgan fingerprint density at radius 1 is 1.65 bits per heavy atom. The summed E-state index contributed by atoms with van der Waals surface area (Å²) in [6.45, 7) is 8.88. The topological polar surface area (TPSA) is 107 Å². The van der Waals surface area contributed by atoms with Crippen LogP contribution in [0.2, 0.25) is 0 Å². The second-order valence-corrected chi connectivity index (χ2v) is 7.84. The van der Waals surface area contributed by atoms with Crippen molar-refractivity contribution in [3.63, 3.8) is 0 Å². The summed E-state index contributed by atoms with van der Waals surface area (Å²) in [7, 11) is 0. The molecular weight excluding hydrogens is 318 g/mol. The molecule has 2 rings (SSSR count). The first-order valence-corrected chi connectivity index (χ1v) is 8.48. The molecule has 1 aliphatic rings. The fourth-order valence-electron chi connectivity index (χ4n) is 2.54. The van der Waals surface area contributed by atoms with Crippen molar-refractivity contribution in [3.05, 3.63) is 10.4 Å². The van der Waals surface area contributed by atoms with Crippen LogP contribution in [0.4, 0.5) is 10.6 Å². The van der Waals surface area contributed by atoms with E-state index in [1.807, 2.05) is 27.7 Å². The molecule has 1 amide bonds. The van der Waals surface area contributed by atoms with Crippen LogP contribution in [0.3, 0.4) is 0 Å². The Hall–Kier alpha value is -1.22. The lowest BCUT2D eigenvalue weighted by Gasteiger charge is -2.42. The number of nitrogens with one attached hydrogen (secondary N) is 1. The van der Waals surface area contributed by atoms with Crippen LogP contribution < -0.4 is 11.1 Å². The zero-order valence-electron chi connectivity index (χ0n) is 14.0. The van der Waals surface area contributed by atoms with Crippen LogP contribution in [0, 0.1) is 5.92 Å². The Kier molecular flexibility index (Phi) is 5.30. The summed E-state index contributed by atoms with van der Waals surface area (Å²) in [6, 6.07) is 0. The van der Waals surface area contributed by atoms with Crippen molar-refractivity contribution in [2.24, 2.45) is 11.7 Å². The molecule has 1 aromatic heterocycles. The highest BCUT2D eigenvalue weighted by molar-refractivity contribution is 7.10. The molecule has 2 heterocycles. The van der Waals surface area contributed by atoms with E-state index in [1.165, 1.54) is 11.3 Å². The van der Waals surface area contributed by atoms with Crippen LogP contribution in [0.1, 0.15) is 39.1 Å². The SMILES string of the molecule is C[C@H]1C[C@@H](COC(C)(C)C)[C@](N)(c2nc(NC(=O)O)cs2)CO1. The van der Waals surface area contributed by atoms with Crippen LogP contribution in [-0.4, -0.2) is 41.1 Å². The zero-order valence-corrected chi connectivity index (χ0v) is 14.8. The maximum atomic E-state index is 10.7. The van der Waals surface area contributed by atoms with Crippen LogP contribution in [-0.2, 0) is 15.0 Å². The third-order valence-corrected chi connectivity index (χ3v) is 4.84. The molecule has 0 aliphatic carbocycles. The molecule has 1 aliphatic heterocycles. The first-order chi connectivity index (χ1) is 10.6. The number of thiazole rings is 1. The van der Waals surface area contributed by atoms with Crippen molar-refractivity contribution >= 4 is 23.2 Å². The van der Waals surface area contributed by atoms with Gasteiger partial charge in [0.1, 0.15) is 10.8 Å². The van der Waals surface area contributed by atoms with Gasteiger partial charge in [-0.05, 0) is 34.1 Å². The highest BCUT2D eigenvalue weighted by Gasteiger charge is 2.44. The van der Waals surface area contributed by atoms with Crippen LogP contribution in [0.5, 0.6) is 0 Å². The average Bonchev–Trinajstić information content (AvgIpc) is 2.87. The summed E-state index contributed by atoms with van der Waals surface area (Å²) >= 11 is 1.34. The molecule has 0 unspecified atom stereocenters. The summed E-state index contributed by atoms with van der Waals surface area (Å²) in [5, 5.41) is 13.4. The lowest BCUT2D eigenvalue weighted by molar-refractivity contribution is -0.101. The molecule has 3 atom stereocenters. The molecule has 0 radical (unpaired) electrons. The number of carboxylic acid groups (broad SMARTS) is 1. The molecule has 1 aromatic rings. The average molecular weight is 343 g/mol. The molecule has 7 nitrogen and oxygen atoms in total. The summed E-state index contributed by atoms with van der Waals surface area (Å²) < 4.78 is 11.7. The smallest absolute Gasteiger partial charge is 0.410 e. The van der Waals surface area contributed by atoms with Gasteiger partial charge in [0.25, 0.3) is 0 Å². The Bertz CT molecular complexity index is 557. The Morgan fingerprint density at radius 3 is 2.96 bits per heavy atom. The minimum absolute atomic E-state index is 0.0503. The van der Waals surface area contributed by atoms with E-state index in [1.54, 1.807) is 5.38 Å². The van der Waals surface area contributed by atoms with Crippen molar-refractivity contribution in [2.45, 2.75) is 51.4 Å². The van der Waals surface area contributed by atoms with E-state index < -0.39 is 11.6 Å².